The van der Waals surface area contributed by atoms with Gasteiger partial charge in [-0.15, -0.1) is 11.3 Å². The van der Waals surface area contributed by atoms with Crippen LogP contribution in [0, 0.1) is 11.8 Å². The highest BCUT2D eigenvalue weighted by molar-refractivity contribution is 7.16. The highest BCUT2D eigenvalue weighted by Crippen LogP contribution is 2.33. The van der Waals surface area contributed by atoms with Gasteiger partial charge in [-0.3, -0.25) is 5.43 Å². The van der Waals surface area contributed by atoms with E-state index in [4.69, 9.17) is 5.84 Å². The number of hydrazine groups is 1. The molecule has 2 aromatic rings. The lowest BCUT2D eigenvalue weighted by molar-refractivity contribution is 0.276. The molecule has 1 aliphatic rings. The summed E-state index contributed by atoms with van der Waals surface area (Å²) in [5.74, 6) is 8.32. The predicted molar refractivity (Wildman–Crippen MR) is 84.8 cm³/mol. The van der Waals surface area contributed by atoms with Crippen molar-refractivity contribution in [1.82, 2.24) is 9.97 Å². The average Bonchev–Trinajstić information content (AvgIpc) is 2.90. The van der Waals surface area contributed by atoms with E-state index in [9.17, 15) is 0 Å². The Morgan fingerprint density at radius 2 is 2.15 bits per heavy atom. The number of rotatable bonds is 3. The first kappa shape index (κ1) is 13.6. The molecule has 0 aromatic carbocycles. The molecule has 0 bridgehead atoms. The van der Waals surface area contributed by atoms with Crippen LogP contribution in [-0.2, 0) is 0 Å². The van der Waals surface area contributed by atoms with Gasteiger partial charge in [0, 0.05) is 6.04 Å². The summed E-state index contributed by atoms with van der Waals surface area (Å²) in [6, 6.07) is 2.55. The summed E-state index contributed by atoms with van der Waals surface area (Å²) < 4.78 is 0. The molecule has 6 heteroatoms. The molecule has 0 spiro atoms. The monoisotopic (exact) mass is 291 g/mol. The standard InChI is InChI=1S/C14H21N5S/c1-8-3-4-11(9(2)7-8)16-12-10-5-6-20-13(10)18-14(17-12)19-15/h5-6,8-9,11H,3-4,7,15H2,1-2H3,(H2,16,17,18,19). The molecule has 3 unspecified atom stereocenters. The summed E-state index contributed by atoms with van der Waals surface area (Å²) in [6.07, 6.45) is 3.75. The Bertz CT molecular complexity index is 596. The van der Waals surface area contributed by atoms with Gasteiger partial charge in [0.15, 0.2) is 0 Å². The second kappa shape index (κ2) is 5.54. The molecule has 108 valence electrons. The number of hydrogen-bond donors (Lipinski definition) is 3. The maximum absolute atomic E-state index is 5.46. The fourth-order valence-corrected chi connectivity index (χ4v) is 3.85. The summed E-state index contributed by atoms with van der Waals surface area (Å²) in [6.45, 7) is 4.66. The third-order valence-electron chi connectivity index (χ3n) is 4.21. The number of nitrogen functional groups attached to an aromatic ring is 1. The third kappa shape index (κ3) is 2.58. The minimum atomic E-state index is 0.472. The lowest BCUT2D eigenvalue weighted by Gasteiger charge is -2.33. The van der Waals surface area contributed by atoms with Crippen LogP contribution in [0.3, 0.4) is 0 Å². The van der Waals surface area contributed by atoms with E-state index >= 15 is 0 Å². The van der Waals surface area contributed by atoms with Gasteiger partial charge in [0.05, 0.1) is 5.39 Å². The molecule has 1 aliphatic carbocycles. The van der Waals surface area contributed by atoms with Gasteiger partial charge < -0.3 is 5.32 Å². The second-order valence-electron chi connectivity index (χ2n) is 5.83. The Morgan fingerprint density at radius 3 is 2.90 bits per heavy atom. The van der Waals surface area contributed by atoms with E-state index in [0.29, 0.717) is 17.9 Å². The van der Waals surface area contributed by atoms with Gasteiger partial charge in [-0.05, 0) is 42.5 Å². The Kier molecular flexibility index (Phi) is 3.76. The van der Waals surface area contributed by atoms with Crippen LogP contribution in [0.5, 0.6) is 0 Å². The molecule has 0 amide bonds. The fourth-order valence-electron chi connectivity index (χ4n) is 3.09. The Balaban J connectivity index is 1.88. The smallest absolute Gasteiger partial charge is 0.240 e. The fraction of sp³-hybridized carbons (Fsp3) is 0.571. The van der Waals surface area contributed by atoms with Crippen LogP contribution in [0.25, 0.3) is 10.2 Å². The number of nitrogens with zero attached hydrogens (tertiary/aromatic N) is 2. The molecule has 0 aliphatic heterocycles. The number of nitrogens with one attached hydrogen (secondary N) is 2. The SMILES string of the molecule is CC1CCC(Nc2nc(NN)nc3sccc23)C(C)C1. The van der Waals surface area contributed by atoms with E-state index in [0.717, 1.165) is 22.0 Å². The van der Waals surface area contributed by atoms with Gasteiger partial charge >= 0.3 is 0 Å². The zero-order valence-corrected chi connectivity index (χ0v) is 12.7. The van der Waals surface area contributed by atoms with Crippen LogP contribution < -0.4 is 16.6 Å². The van der Waals surface area contributed by atoms with Crippen molar-refractivity contribution in [3.05, 3.63) is 11.4 Å². The van der Waals surface area contributed by atoms with Crippen LogP contribution in [0.2, 0.25) is 0 Å². The largest absolute Gasteiger partial charge is 0.366 e. The van der Waals surface area contributed by atoms with Gasteiger partial charge in [0.1, 0.15) is 10.6 Å². The van der Waals surface area contributed by atoms with Crippen LogP contribution >= 0.6 is 11.3 Å². The molecule has 2 aromatic heterocycles. The van der Waals surface area contributed by atoms with Gasteiger partial charge in [-0.25, -0.2) is 10.8 Å². The normalized spacial score (nSPS) is 26.6. The van der Waals surface area contributed by atoms with Crippen LogP contribution in [-0.4, -0.2) is 16.0 Å². The first-order valence-corrected chi connectivity index (χ1v) is 8.03. The van der Waals surface area contributed by atoms with Crippen molar-refractivity contribution in [2.24, 2.45) is 17.7 Å². The van der Waals surface area contributed by atoms with E-state index in [1.165, 1.54) is 19.3 Å². The van der Waals surface area contributed by atoms with Gasteiger partial charge in [0.2, 0.25) is 5.95 Å². The molecular weight excluding hydrogens is 270 g/mol. The van der Waals surface area contributed by atoms with Gasteiger partial charge in [0.25, 0.3) is 0 Å². The molecule has 0 saturated heterocycles. The number of aromatic nitrogens is 2. The van der Waals surface area contributed by atoms with Crippen molar-refractivity contribution in [3.63, 3.8) is 0 Å². The summed E-state index contributed by atoms with van der Waals surface area (Å²) >= 11 is 1.61. The number of thiophene rings is 1. The summed E-state index contributed by atoms with van der Waals surface area (Å²) in [4.78, 5) is 9.82. The van der Waals surface area contributed by atoms with Crippen LogP contribution in [0.4, 0.5) is 11.8 Å². The van der Waals surface area contributed by atoms with Crippen molar-refractivity contribution in [3.8, 4) is 0 Å². The molecule has 2 heterocycles. The molecule has 20 heavy (non-hydrogen) atoms. The summed E-state index contributed by atoms with van der Waals surface area (Å²) in [5.41, 5.74) is 2.55. The number of nitrogens with two attached hydrogens (primary N) is 1. The first-order valence-electron chi connectivity index (χ1n) is 7.15. The van der Waals surface area contributed by atoms with E-state index in [1.54, 1.807) is 11.3 Å². The number of fused-ring (bicyclic) bond motifs is 1. The lowest BCUT2D eigenvalue weighted by Crippen LogP contribution is -2.33. The average molecular weight is 291 g/mol. The molecule has 0 radical (unpaired) electrons. The van der Waals surface area contributed by atoms with E-state index in [2.05, 4.69) is 40.6 Å². The molecule has 3 atom stereocenters. The topological polar surface area (TPSA) is 75.9 Å². The zero-order valence-electron chi connectivity index (χ0n) is 11.9. The maximum atomic E-state index is 5.46. The lowest BCUT2D eigenvalue weighted by atomic mass is 9.80. The molecule has 1 fully saturated rings. The van der Waals surface area contributed by atoms with Gasteiger partial charge in [-0.1, -0.05) is 13.8 Å². The van der Waals surface area contributed by atoms with E-state index in [-0.39, 0.29) is 0 Å². The van der Waals surface area contributed by atoms with Crippen LogP contribution in [0.1, 0.15) is 33.1 Å². The molecule has 4 N–H and O–H groups in total. The highest BCUT2D eigenvalue weighted by Gasteiger charge is 2.26. The van der Waals surface area contributed by atoms with E-state index < -0.39 is 0 Å². The minimum Gasteiger partial charge on any atom is -0.366 e. The van der Waals surface area contributed by atoms with Crippen molar-refractivity contribution in [2.45, 2.75) is 39.2 Å². The Hall–Kier alpha value is -1.40. The van der Waals surface area contributed by atoms with E-state index in [1.807, 2.05) is 5.38 Å². The molecule has 5 nitrogen and oxygen atoms in total. The predicted octanol–water partition coefficient (Wildman–Crippen LogP) is 3.21. The highest BCUT2D eigenvalue weighted by atomic mass is 32.1. The molecular formula is C14H21N5S. The zero-order chi connectivity index (χ0) is 14.1. The Labute approximate surface area is 123 Å². The third-order valence-corrected chi connectivity index (χ3v) is 5.01. The summed E-state index contributed by atoms with van der Waals surface area (Å²) in [5, 5.41) is 6.74. The molecule has 1 saturated carbocycles. The summed E-state index contributed by atoms with van der Waals surface area (Å²) in [7, 11) is 0. The number of anilines is 2. The first-order chi connectivity index (χ1) is 9.67. The van der Waals surface area contributed by atoms with Crippen molar-refractivity contribution in [1.29, 1.82) is 0 Å². The maximum Gasteiger partial charge on any atom is 0.240 e. The van der Waals surface area contributed by atoms with Crippen molar-refractivity contribution in [2.75, 3.05) is 10.7 Å². The Morgan fingerprint density at radius 1 is 1.30 bits per heavy atom. The number of hydrogen-bond acceptors (Lipinski definition) is 6. The minimum absolute atomic E-state index is 0.472. The van der Waals surface area contributed by atoms with Crippen molar-refractivity contribution >= 4 is 33.3 Å². The molecule has 3 rings (SSSR count). The van der Waals surface area contributed by atoms with Crippen LogP contribution in [0.15, 0.2) is 11.4 Å². The quantitative estimate of drug-likeness (QED) is 0.598. The van der Waals surface area contributed by atoms with Crippen molar-refractivity contribution < 1.29 is 0 Å². The second-order valence-corrected chi connectivity index (χ2v) is 6.72. The van der Waals surface area contributed by atoms with Gasteiger partial charge in [-0.2, -0.15) is 4.98 Å².